The van der Waals surface area contributed by atoms with Gasteiger partial charge in [-0.05, 0) is 19.3 Å². The molecule has 0 fully saturated rings. The van der Waals surface area contributed by atoms with E-state index in [0.717, 1.165) is 0 Å². The minimum atomic E-state index is -0.754. The highest BCUT2D eigenvalue weighted by Gasteiger charge is 2.21. The fraction of sp³-hybridized carbons (Fsp3) is 0.727. The Morgan fingerprint density at radius 3 is 2.11 bits per heavy atom. The van der Waals surface area contributed by atoms with Crippen LogP contribution in [0.1, 0.15) is 19.3 Å². The second-order valence-electron chi connectivity index (χ2n) is 3.63. The standard InChI is InChI=1S/C11H20N2O6/c1-17-9(14)8(13-11(16)19-3)6-4-5-7-12-10(15)18-2/h8H,4-7H2,1-3H3,(H,12,15)(H,13,16). The van der Waals surface area contributed by atoms with Gasteiger partial charge in [-0.1, -0.05) is 0 Å². The molecule has 0 aromatic carbocycles. The molecule has 19 heavy (non-hydrogen) atoms. The van der Waals surface area contributed by atoms with Crippen molar-refractivity contribution in [2.45, 2.75) is 25.3 Å². The molecule has 2 amide bonds. The molecule has 0 saturated heterocycles. The number of hydrogen-bond acceptors (Lipinski definition) is 6. The van der Waals surface area contributed by atoms with Gasteiger partial charge < -0.3 is 24.8 Å². The molecule has 0 aromatic heterocycles. The van der Waals surface area contributed by atoms with E-state index in [9.17, 15) is 14.4 Å². The average Bonchev–Trinajstić information content (AvgIpc) is 2.43. The summed E-state index contributed by atoms with van der Waals surface area (Å²) in [5.41, 5.74) is 0. The number of carbonyl (C=O) groups is 3. The second kappa shape index (κ2) is 9.98. The molecule has 0 aliphatic carbocycles. The van der Waals surface area contributed by atoms with Crippen molar-refractivity contribution in [3.05, 3.63) is 0 Å². The highest BCUT2D eigenvalue weighted by atomic mass is 16.5. The molecule has 0 rings (SSSR count). The highest BCUT2D eigenvalue weighted by Crippen LogP contribution is 2.03. The number of amides is 2. The Morgan fingerprint density at radius 2 is 1.58 bits per heavy atom. The third-order valence-corrected chi connectivity index (χ3v) is 2.34. The zero-order valence-corrected chi connectivity index (χ0v) is 11.4. The first-order valence-electron chi connectivity index (χ1n) is 5.79. The molecule has 110 valence electrons. The monoisotopic (exact) mass is 276 g/mol. The number of rotatable bonds is 7. The molecule has 1 atom stereocenters. The van der Waals surface area contributed by atoms with Crippen molar-refractivity contribution >= 4 is 18.2 Å². The van der Waals surface area contributed by atoms with Crippen molar-refractivity contribution in [1.29, 1.82) is 0 Å². The lowest BCUT2D eigenvalue weighted by molar-refractivity contribution is -0.143. The number of methoxy groups -OCH3 is 3. The number of nitrogens with one attached hydrogen (secondary N) is 2. The van der Waals surface area contributed by atoms with Crippen LogP contribution in [-0.2, 0) is 19.0 Å². The van der Waals surface area contributed by atoms with Gasteiger partial charge in [0.2, 0.25) is 0 Å². The molecule has 8 nitrogen and oxygen atoms in total. The van der Waals surface area contributed by atoms with Crippen molar-refractivity contribution in [2.24, 2.45) is 0 Å². The van der Waals surface area contributed by atoms with Crippen LogP contribution < -0.4 is 10.6 Å². The quantitative estimate of drug-likeness (QED) is 0.396. The Balaban J connectivity index is 3.96. The third-order valence-electron chi connectivity index (χ3n) is 2.34. The van der Waals surface area contributed by atoms with Crippen LogP contribution in [0.2, 0.25) is 0 Å². The lowest BCUT2D eigenvalue weighted by Gasteiger charge is -2.15. The summed E-state index contributed by atoms with van der Waals surface area (Å²) in [6, 6.07) is -0.754. The van der Waals surface area contributed by atoms with Gasteiger partial charge in [0.1, 0.15) is 6.04 Å². The zero-order chi connectivity index (χ0) is 14.7. The SMILES string of the molecule is COC(=O)NCCCCC(NC(=O)OC)C(=O)OC. The van der Waals surface area contributed by atoms with Gasteiger partial charge in [-0.3, -0.25) is 0 Å². The van der Waals surface area contributed by atoms with E-state index in [-0.39, 0.29) is 0 Å². The van der Waals surface area contributed by atoms with E-state index in [4.69, 9.17) is 0 Å². The molecule has 0 aromatic rings. The minimum Gasteiger partial charge on any atom is -0.467 e. The highest BCUT2D eigenvalue weighted by molar-refractivity contribution is 5.81. The molecular weight excluding hydrogens is 256 g/mol. The van der Waals surface area contributed by atoms with Crippen LogP contribution in [0, 0.1) is 0 Å². The maximum absolute atomic E-state index is 11.4. The molecule has 0 aliphatic heterocycles. The number of alkyl carbamates (subject to hydrolysis) is 2. The molecule has 0 heterocycles. The molecule has 2 N–H and O–H groups in total. The number of esters is 1. The van der Waals surface area contributed by atoms with Crippen LogP contribution in [0.5, 0.6) is 0 Å². The van der Waals surface area contributed by atoms with Crippen LogP contribution in [0.25, 0.3) is 0 Å². The topological polar surface area (TPSA) is 103 Å². The fourth-order valence-electron chi connectivity index (χ4n) is 1.33. The summed E-state index contributed by atoms with van der Waals surface area (Å²) in [6.07, 6.45) is 0.462. The lowest BCUT2D eigenvalue weighted by Crippen LogP contribution is -2.41. The maximum Gasteiger partial charge on any atom is 0.407 e. The second-order valence-corrected chi connectivity index (χ2v) is 3.63. The summed E-state index contributed by atoms with van der Waals surface area (Å²) in [6.45, 7) is 0.429. The molecule has 8 heteroatoms. The van der Waals surface area contributed by atoms with Gasteiger partial charge in [0.25, 0.3) is 0 Å². The third kappa shape index (κ3) is 7.85. The van der Waals surface area contributed by atoms with Crippen molar-refractivity contribution in [3.63, 3.8) is 0 Å². The van der Waals surface area contributed by atoms with E-state index in [1.807, 2.05) is 0 Å². The van der Waals surface area contributed by atoms with Crippen LogP contribution in [0.3, 0.4) is 0 Å². The van der Waals surface area contributed by atoms with Gasteiger partial charge in [-0.25, -0.2) is 14.4 Å². The van der Waals surface area contributed by atoms with Gasteiger partial charge in [-0.2, -0.15) is 0 Å². The number of unbranched alkanes of at least 4 members (excludes halogenated alkanes) is 1. The lowest BCUT2D eigenvalue weighted by atomic mass is 10.1. The predicted octanol–water partition coefficient (Wildman–Crippen LogP) is 0.410. The molecule has 0 saturated carbocycles. The van der Waals surface area contributed by atoms with Crippen molar-refractivity contribution in [2.75, 3.05) is 27.9 Å². The van der Waals surface area contributed by atoms with Gasteiger partial charge in [0.15, 0.2) is 0 Å². The van der Waals surface area contributed by atoms with Crippen molar-refractivity contribution in [3.8, 4) is 0 Å². The van der Waals surface area contributed by atoms with E-state index in [1.54, 1.807) is 0 Å². The summed E-state index contributed by atoms with van der Waals surface area (Å²) >= 11 is 0. The molecule has 0 bridgehead atoms. The first-order valence-corrected chi connectivity index (χ1v) is 5.79. The molecular formula is C11H20N2O6. The smallest absolute Gasteiger partial charge is 0.407 e. The summed E-state index contributed by atoms with van der Waals surface area (Å²) in [5, 5.41) is 4.89. The molecule has 1 unspecified atom stereocenters. The van der Waals surface area contributed by atoms with E-state index in [1.165, 1.54) is 21.3 Å². The zero-order valence-electron chi connectivity index (χ0n) is 11.4. The van der Waals surface area contributed by atoms with E-state index in [0.29, 0.717) is 25.8 Å². The van der Waals surface area contributed by atoms with Gasteiger partial charge in [0, 0.05) is 6.54 Å². The van der Waals surface area contributed by atoms with E-state index < -0.39 is 24.2 Å². The number of carbonyl (C=O) groups excluding carboxylic acids is 3. The van der Waals surface area contributed by atoms with Gasteiger partial charge >= 0.3 is 18.2 Å². The first-order chi connectivity index (χ1) is 9.04. The van der Waals surface area contributed by atoms with E-state index >= 15 is 0 Å². The van der Waals surface area contributed by atoms with Crippen LogP contribution >= 0.6 is 0 Å². The predicted molar refractivity (Wildman–Crippen MR) is 65.6 cm³/mol. The van der Waals surface area contributed by atoms with E-state index in [2.05, 4.69) is 24.8 Å². The summed E-state index contributed by atoms with van der Waals surface area (Å²) in [4.78, 5) is 33.2. The molecule has 0 radical (unpaired) electrons. The molecule has 0 spiro atoms. The van der Waals surface area contributed by atoms with Crippen LogP contribution in [0.15, 0.2) is 0 Å². The van der Waals surface area contributed by atoms with Gasteiger partial charge in [-0.15, -0.1) is 0 Å². The summed E-state index contributed by atoms with van der Waals surface area (Å²) in [7, 11) is 3.74. The normalized spacial score (nSPS) is 11.1. The van der Waals surface area contributed by atoms with Crippen molar-refractivity contribution in [1.82, 2.24) is 10.6 Å². The Morgan fingerprint density at radius 1 is 0.947 bits per heavy atom. The average molecular weight is 276 g/mol. The Kier molecular flexibility index (Phi) is 8.94. The minimum absolute atomic E-state index is 0.393. The van der Waals surface area contributed by atoms with Crippen LogP contribution in [0.4, 0.5) is 9.59 Å². The Bertz CT molecular complexity index is 308. The Labute approximate surface area is 111 Å². The fourth-order valence-corrected chi connectivity index (χ4v) is 1.33. The number of ether oxygens (including phenoxy) is 3. The number of hydrogen-bond donors (Lipinski definition) is 2. The summed E-state index contributed by atoms with van der Waals surface area (Å²) < 4.78 is 13.4. The van der Waals surface area contributed by atoms with Gasteiger partial charge in [0.05, 0.1) is 21.3 Å². The first kappa shape index (κ1) is 17.0. The molecule has 0 aliphatic rings. The van der Waals surface area contributed by atoms with Crippen molar-refractivity contribution < 1.29 is 28.6 Å². The largest absolute Gasteiger partial charge is 0.467 e. The summed E-state index contributed by atoms with van der Waals surface area (Å²) in [5.74, 6) is -0.536. The Hall–Kier alpha value is -1.99. The maximum atomic E-state index is 11.4. The van der Waals surface area contributed by atoms with Crippen LogP contribution in [-0.4, -0.2) is 52.1 Å².